The first kappa shape index (κ1) is 12.2. The van der Waals surface area contributed by atoms with Gasteiger partial charge in [-0.1, -0.05) is 18.2 Å². The van der Waals surface area contributed by atoms with Gasteiger partial charge in [-0.05, 0) is 24.6 Å². The number of H-pyrrole nitrogens is 1. The van der Waals surface area contributed by atoms with E-state index in [9.17, 15) is 0 Å². The van der Waals surface area contributed by atoms with Crippen molar-refractivity contribution in [3.63, 3.8) is 0 Å². The molecule has 0 saturated heterocycles. The number of anilines is 1. The number of para-hydroxylation sites is 1. The lowest BCUT2D eigenvalue weighted by atomic mass is 10.3. The second kappa shape index (κ2) is 5.40. The number of nitrogens with one attached hydrogen (secondary N) is 1. The van der Waals surface area contributed by atoms with Crippen molar-refractivity contribution in [3.05, 3.63) is 42.6 Å². The third kappa shape index (κ3) is 2.93. The number of hydrogen-bond donors (Lipinski definition) is 2. The lowest BCUT2D eigenvalue weighted by molar-refractivity contribution is 0.608. The third-order valence-corrected chi connectivity index (χ3v) is 3.98. The van der Waals surface area contributed by atoms with E-state index < -0.39 is 0 Å². The maximum Gasteiger partial charge on any atom is 0.145 e. The predicted octanol–water partition coefficient (Wildman–Crippen LogP) is 3.13. The second-order valence-electron chi connectivity index (χ2n) is 4.43. The zero-order valence-corrected chi connectivity index (χ0v) is 11.4. The van der Waals surface area contributed by atoms with E-state index in [2.05, 4.69) is 40.4 Å². The van der Waals surface area contributed by atoms with Crippen molar-refractivity contribution in [2.75, 3.05) is 11.5 Å². The molecule has 0 atom stereocenters. The van der Waals surface area contributed by atoms with E-state index in [0.717, 1.165) is 18.7 Å². The number of benzene rings is 1. The SMILES string of the molecule is Nc1ccn(CCCSc2cc3ccccc3[nH]2)n1. The molecule has 1 aromatic carbocycles. The summed E-state index contributed by atoms with van der Waals surface area (Å²) in [7, 11) is 0. The smallest absolute Gasteiger partial charge is 0.145 e. The van der Waals surface area contributed by atoms with Gasteiger partial charge in [0.1, 0.15) is 5.82 Å². The van der Waals surface area contributed by atoms with Crippen LogP contribution < -0.4 is 5.73 Å². The van der Waals surface area contributed by atoms with Crippen molar-refractivity contribution in [1.82, 2.24) is 14.8 Å². The molecule has 0 unspecified atom stereocenters. The highest BCUT2D eigenvalue weighted by atomic mass is 32.2. The summed E-state index contributed by atoms with van der Waals surface area (Å²) in [5.41, 5.74) is 6.77. The quantitative estimate of drug-likeness (QED) is 0.554. The highest BCUT2D eigenvalue weighted by Crippen LogP contribution is 2.23. The Labute approximate surface area is 116 Å². The van der Waals surface area contributed by atoms with E-state index in [1.54, 1.807) is 0 Å². The summed E-state index contributed by atoms with van der Waals surface area (Å²) >= 11 is 1.84. The van der Waals surface area contributed by atoms with Crippen molar-refractivity contribution in [1.29, 1.82) is 0 Å². The van der Waals surface area contributed by atoms with Crippen LogP contribution in [0.15, 0.2) is 47.6 Å². The van der Waals surface area contributed by atoms with Gasteiger partial charge in [0.15, 0.2) is 0 Å². The van der Waals surface area contributed by atoms with Crippen molar-refractivity contribution in [2.45, 2.75) is 18.0 Å². The summed E-state index contributed by atoms with van der Waals surface area (Å²) in [6, 6.07) is 12.4. The van der Waals surface area contributed by atoms with Crippen LogP contribution in [0.25, 0.3) is 10.9 Å². The van der Waals surface area contributed by atoms with E-state index in [1.807, 2.05) is 28.7 Å². The Morgan fingerprint density at radius 3 is 2.95 bits per heavy atom. The average Bonchev–Trinajstić information content (AvgIpc) is 3.00. The minimum atomic E-state index is 0.586. The normalized spacial score (nSPS) is 11.2. The van der Waals surface area contributed by atoms with Crippen LogP contribution >= 0.6 is 11.8 Å². The van der Waals surface area contributed by atoms with Gasteiger partial charge in [0.2, 0.25) is 0 Å². The number of aromatic nitrogens is 3. The molecule has 3 aromatic rings. The molecule has 0 saturated carbocycles. The monoisotopic (exact) mass is 272 g/mol. The molecule has 3 rings (SSSR count). The molecule has 0 aliphatic carbocycles. The van der Waals surface area contributed by atoms with E-state index in [4.69, 9.17) is 5.73 Å². The van der Waals surface area contributed by atoms with Gasteiger partial charge in [-0.2, -0.15) is 5.10 Å². The number of nitrogens with two attached hydrogens (primary N) is 1. The number of fused-ring (bicyclic) bond motifs is 1. The summed E-state index contributed by atoms with van der Waals surface area (Å²) in [5, 5.41) is 6.66. The van der Waals surface area contributed by atoms with Gasteiger partial charge in [-0.3, -0.25) is 4.68 Å². The molecule has 0 aliphatic rings. The molecule has 0 aliphatic heterocycles. The Bertz CT molecular complexity index is 638. The molecule has 3 N–H and O–H groups in total. The summed E-state index contributed by atoms with van der Waals surface area (Å²) in [6.45, 7) is 0.907. The van der Waals surface area contributed by atoms with Crippen LogP contribution in [0.5, 0.6) is 0 Å². The predicted molar refractivity (Wildman–Crippen MR) is 80.3 cm³/mol. The highest BCUT2D eigenvalue weighted by molar-refractivity contribution is 7.99. The standard InChI is InChI=1S/C14H16N4S/c15-13-6-8-18(17-13)7-3-9-19-14-10-11-4-1-2-5-12(11)16-14/h1-2,4-6,8,10,16H,3,7,9H2,(H2,15,17). The molecular formula is C14H16N4S. The molecule has 0 spiro atoms. The molecule has 0 radical (unpaired) electrons. The highest BCUT2D eigenvalue weighted by Gasteiger charge is 2.01. The lowest BCUT2D eigenvalue weighted by Crippen LogP contribution is -2.00. The number of aromatic amines is 1. The van der Waals surface area contributed by atoms with Gasteiger partial charge < -0.3 is 10.7 Å². The fourth-order valence-corrected chi connectivity index (χ4v) is 2.92. The number of nitrogens with zero attached hydrogens (tertiary/aromatic N) is 2. The van der Waals surface area contributed by atoms with Crippen LogP contribution in [0.1, 0.15) is 6.42 Å². The Balaban J connectivity index is 1.52. The van der Waals surface area contributed by atoms with Gasteiger partial charge in [0.05, 0.1) is 5.03 Å². The van der Waals surface area contributed by atoms with Crippen molar-refractivity contribution in [3.8, 4) is 0 Å². The topological polar surface area (TPSA) is 59.6 Å². The summed E-state index contributed by atoms with van der Waals surface area (Å²) in [6.07, 6.45) is 2.99. The Hall–Kier alpha value is -1.88. The Morgan fingerprint density at radius 1 is 1.26 bits per heavy atom. The largest absolute Gasteiger partial charge is 0.382 e. The van der Waals surface area contributed by atoms with Crippen LogP contribution in [0, 0.1) is 0 Å². The molecule has 98 valence electrons. The van der Waals surface area contributed by atoms with E-state index in [0.29, 0.717) is 5.82 Å². The van der Waals surface area contributed by atoms with Crippen molar-refractivity contribution in [2.24, 2.45) is 0 Å². The number of aryl methyl sites for hydroxylation is 1. The fourth-order valence-electron chi connectivity index (χ4n) is 2.04. The van der Waals surface area contributed by atoms with Crippen LogP contribution in [0.4, 0.5) is 5.82 Å². The number of thioether (sulfide) groups is 1. The van der Waals surface area contributed by atoms with Crippen molar-refractivity contribution >= 4 is 28.5 Å². The van der Waals surface area contributed by atoms with Crippen LogP contribution in [0.3, 0.4) is 0 Å². The van der Waals surface area contributed by atoms with Gasteiger partial charge in [-0.25, -0.2) is 0 Å². The van der Waals surface area contributed by atoms with Crippen molar-refractivity contribution < 1.29 is 0 Å². The van der Waals surface area contributed by atoms with Gasteiger partial charge in [0.25, 0.3) is 0 Å². The summed E-state index contributed by atoms with van der Waals surface area (Å²) in [4.78, 5) is 3.42. The van der Waals surface area contributed by atoms with E-state index in [-0.39, 0.29) is 0 Å². The number of rotatable bonds is 5. The molecule has 0 amide bonds. The minimum absolute atomic E-state index is 0.586. The van der Waals surface area contributed by atoms with Gasteiger partial charge >= 0.3 is 0 Å². The maximum absolute atomic E-state index is 5.57. The molecule has 0 bridgehead atoms. The molecule has 2 aromatic heterocycles. The van der Waals surface area contributed by atoms with Crippen LogP contribution in [-0.2, 0) is 6.54 Å². The molecule has 0 fully saturated rings. The zero-order chi connectivity index (χ0) is 13.1. The average molecular weight is 272 g/mol. The summed E-state index contributed by atoms with van der Waals surface area (Å²) < 4.78 is 1.89. The Morgan fingerprint density at radius 2 is 2.16 bits per heavy atom. The molecule has 19 heavy (non-hydrogen) atoms. The third-order valence-electron chi connectivity index (χ3n) is 2.96. The van der Waals surface area contributed by atoms with Gasteiger partial charge in [0, 0.05) is 29.4 Å². The second-order valence-corrected chi connectivity index (χ2v) is 5.56. The summed E-state index contributed by atoms with van der Waals surface area (Å²) in [5.74, 6) is 1.65. The minimum Gasteiger partial charge on any atom is -0.382 e. The van der Waals surface area contributed by atoms with E-state index >= 15 is 0 Å². The first-order chi connectivity index (χ1) is 9.31. The molecular weight excluding hydrogens is 256 g/mol. The molecule has 5 heteroatoms. The first-order valence-electron chi connectivity index (χ1n) is 6.31. The maximum atomic E-state index is 5.57. The Kier molecular flexibility index (Phi) is 3.46. The van der Waals surface area contributed by atoms with Crippen LogP contribution in [-0.4, -0.2) is 20.5 Å². The first-order valence-corrected chi connectivity index (χ1v) is 7.29. The van der Waals surface area contributed by atoms with E-state index in [1.165, 1.54) is 15.9 Å². The fraction of sp³-hybridized carbons (Fsp3) is 0.214. The zero-order valence-electron chi connectivity index (χ0n) is 10.5. The molecule has 4 nitrogen and oxygen atoms in total. The molecule has 2 heterocycles. The number of nitrogen functional groups attached to an aromatic ring is 1. The van der Waals surface area contributed by atoms with Crippen LogP contribution in [0.2, 0.25) is 0 Å². The van der Waals surface area contributed by atoms with Gasteiger partial charge in [-0.15, -0.1) is 11.8 Å². The number of hydrogen-bond acceptors (Lipinski definition) is 3. The lowest BCUT2D eigenvalue weighted by Gasteiger charge is -2.00.